The lowest BCUT2D eigenvalue weighted by Crippen LogP contribution is -2.30. The Bertz CT molecular complexity index is 213. The van der Waals surface area contributed by atoms with Gasteiger partial charge >= 0.3 is 11.9 Å². The topological polar surface area (TPSA) is 101 Å². The summed E-state index contributed by atoms with van der Waals surface area (Å²) in [6, 6.07) is -1.47. The van der Waals surface area contributed by atoms with E-state index < -0.39 is 23.0 Å². The summed E-state index contributed by atoms with van der Waals surface area (Å²) in [4.78, 5) is 20.0. The lowest BCUT2D eigenvalue weighted by atomic mass is 10.3. The van der Waals surface area contributed by atoms with E-state index in [0.717, 1.165) is 0 Å². The van der Waals surface area contributed by atoms with Crippen LogP contribution in [0.15, 0.2) is 11.1 Å². The predicted molar refractivity (Wildman–Crippen MR) is 37.2 cm³/mol. The Balaban J connectivity index is 4.35. The second-order valence-corrected chi connectivity index (χ2v) is 2.12. The number of hydrogen-bond acceptors (Lipinski definition) is 3. The van der Waals surface area contributed by atoms with Gasteiger partial charge in [0.25, 0.3) is 0 Å². The van der Waals surface area contributed by atoms with E-state index in [9.17, 15) is 9.59 Å². The van der Waals surface area contributed by atoms with Crippen LogP contribution in [0.3, 0.4) is 0 Å². The van der Waals surface area contributed by atoms with E-state index in [1.165, 1.54) is 0 Å². The highest BCUT2D eigenvalue weighted by Crippen LogP contribution is 2.05. The molecule has 0 saturated carbocycles. The molecule has 0 rings (SSSR count). The maximum absolute atomic E-state index is 10.1. The first-order valence-corrected chi connectivity index (χ1v) is 2.91. The zero-order chi connectivity index (χ0) is 9.02. The van der Waals surface area contributed by atoms with Gasteiger partial charge in [0, 0.05) is 6.08 Å². The highest BCUT2D eigenvalue weighted by atomic mass is 35.5. The normalized spacial score (nSPS) is 14.2. The number of aliphatic carboxylic acids is 2. The van der Waals surface area contributed by atoms with Crippen LogP contribution in [-0.2, 0) is 9.59 Å². The van der Waals surface area contributed by atoms with Gasteiger partial charge in [-0.25, -0.2) is 4.79 Å². The van der Waals surface area contributed by atoms with Crippen molar-refractivity contribution in [1.82, 2.24) is 0 Å². The largest absolute Gasteiger partial charge is 0.480 e. The SMILES string of the molecule is N[C@H](C(=O)O)/C(Cl)=C/C(=O)O. The lowest BCUT2D eigenvalue weighted by molar-refractivity contribution is -0.137. The van der Waals surface area contributed by atoms with Crippen molar-refractivity contribution in [3.05, 3.63) is 11.1 Å². The molecule has 62 valence electrons. The van der Waals surface area contributed by atoms with Gasteiger partial charge in [0.1, 0.15) is 6.04 Å². The van der Waals surface area contributed by atoms with Gasteiger partial charge in [-0.15, -0.1) is 0 Å². The van der Waals surface area contributed by atoms with Gasteiger partial charge in [0.2, 0.25) is 0 Å². The standard InChI is InChI=1S/C5H6ClNO4/c6-2(1-3(8)9)4(7)5(10)11/h1,4H,7H2,(H,8,9)(H,10,11)/b2-1-/t4-/m0/s1. The Morgan fingerprint density at radius 2 is 1.91 bits per heavy atom. The third-order valence-corrected chi connectivity index (χ3v) is 1.17. The van der Waals surface area contributed by atoms with Crippen LogP contribution >= 0.6 is 11.6 Å². The summed E-state index contributed by atoms with van der Waals surface area (Å²) in [5.41, 5.74) is 4.95. The second-order valence-electron chi connectivity index (χ2n) is 1.68. The van der Waals surface area contributed by atoms with Crippen molar-refractivity contribution in [2.75, 3.05) is 0 Å². The van der Waals surface area contributed by atoms with Crippen molar-refractivity contribution in [1.29, 1.82) is 0 Å². The minimum Gasteiger partial charge on any atom is -0.480 e. The summed E-state index contributed by atoms with van der Waals surface area (Å²) in [7, 11) is 0. The fraction of sp³-hybridized carbons (Fsp3) is 0.200. The van der Waals surface area contributed by atoms with Crippen LogP contribution in [0.25, 0.3) is 0 Å². The smallest absolute Gasteiger partial charge is 0.329 e. The van der Waals surface area contributed by atoms with Crippen molar-refractivity contribution < 1.29 is 19.8 Å². The molecule has 0 aromatic rings. The third kappa shape index (κ3) is 3.59. The first-order valence-electron chi connectivity index (χ1n) is 2.53. The Labute approximate surface area is 67.1 Å². The molecule has 4 N–H and O–H groups in total. The molecule has 6 heteroatoms. The first kappa shape index (κ1) is 9.93. The Morgan fingerprint density at radius 1 is 1.45 bits per heavy atom. The molecule has 0 aromatic heterocycles. The molecule has 0 aliphatic heterocycles. The Kier molecular flexibility index (Phi) is 3.56. The number of carboxylic acids is 2. The molecular weight excluding hydrogens is 174 g/mol. The minimum atomic E-state index is -1.47. The number of halogens is 1. The lowest BCUT2D eigenvalue weighted by Gasteiger charge is -2.01. The fourth-order valence-corrected chi connectivity index (χ4v) is 0.512. The van der Waals surface area contributed by atoms with Crippen LogP contribution in [-0.4, -0.2) is 28.2 Å². The van der Waals surface area contributed by atoms with Gasteiger partial charge < -0.3 is 15.9 Å². The van der Waals surface area contributed by atoms with E-state index in [4.69, 9.17) is 27.5 Å². The second kappa shape index (κ2) is 3.95. The van der Waals surface area contributed by atoms with Gasteiger partial charge in [0.05, 0.1) is 5.03 Å². The maximum atomic E-state index is 10.1. The Morgan fingerprint density at radius 3 is 2.18 bits per heavy atom. The van der Waals surface area contributed by atoms with Crippen molar-refractivity contribution in [2.45, 2.75) is 6.04 Å². The van der Waals surface area contributed by atoms with Crippen LogP contribution in [0.4, 0.5) is 0 Å². The average molecular weight is 180 g/mol. The fourth-order valence-electron chi connectivity index (χ4n) is 0.326. The van der Waals surface area contributed by atoms with Crippen molar-refractivity contribution in [3.63, 3.8) is 0 Å². The molecule has 0 heterocycles. The molecule has 0 bridgehead atoms. The summed E-state index contributed by atoms with van der Waals surface area (Å²) in [5.74, 6) is -2.70. The minimum absolute atomic E-state index is 0.412. The van der Waals surface area contributed by atoms with Gasteiger partial charge in [-0.1, -0.05) is 11.6 Å². The summed E-state index contributed by atoms with van der Waals surface area (Å²) in [5, 5.41) is 15.9. The molecule has 0 unspecified atom stereocenters. The van der Waals surface area contributed by atoms with Gasteiger partial charge in [0.15, 0.2) is 0 Å². The van der Waals surface area contributed by atoms with Crippen LogP contribution in [0.2, 0.25) is 0 Å². The molecule has 0 saturated heterocycles. The molecule has 5 nitrogen and oxygen atoms in total. The Hall–Kier alpha value is -1.07. The number of carbonyl (C=O) groups is 2. The predicted octanol–water partition coefficient (Wildman–Crippen LogP) is -0.394. The van der Waals surface area contributed by atoms with E-state index in [0.29, 0.717) is 6.08 Å². The van der Waals surface area contributed by atoms with Gasteiger partial charge in [-0.3, -0.25) is 4.79 Å². The molecule has 0 amide bonds. The van der Waals surface area contributed by atoms with Crippen LogP contribution < -0.4 is 5.73 Å². The van der Waals surface area contributed by atoms with Crippen LogP contribution in [0.1, 0.15) is 0 Å². The first-order chi connectivity index (χ1) is 4.95. The highest BCUT2D eigenvalue weighted by molar-refractivity contribution is 6.33. The zero-order valence-electron chi connectivity index (χ0n) is 5.32. The van der Waals surface area contributed by atoms with E-state index >= 15 is 0 Å². The van der Waals surface area contributed by atoms with E-state index in [2.05, 4.69) is 0 Å². The van der Waals surface area contributed by atoms with E-state index in [1.54, 1.807) is 0 Å². The van der Waals surface area contributed by atoms with E-state index in [-0.39, 0.29) is 0 Å². The summed E-state index contributed by atoms with van der Waals surface area (Å²) < 4.78 is 0. The molecule has 0 aromatic carbocycles. The van der Waals surface area contributed by atoms with Crippen molar-refractivity contribution in [2.24, 2.45) is 5.73 Å². The third-order valence-electron chi connectivity index (χ3n) is 0.825. The molecule has 0 aliphatic carbocycles. The average Bonchev–Trinajstić information content (AvgIpc) is 1.84. The number of rotatable bonds is 3. The maximum Gasteiger partial charge on any atom is 0.329 e. The number of nitrogens with two attached hydrogens (primary N) is 1. The monoisotopic (exact) mass is 179 g/mol. The zero-order valence-corrected chi connectivity index (χ0v) is 6.08. The molecular formula is C5H6ClNO4. The number of carboxylic acid groups (broad SMARTS) is 2. The van der Waals surface area contributed by atoms with Gasteiger partial charge in [-0.05, 0) is 0 Å². The molecule has 11 heavy (non-hydrogen) atoms. The molecule has 0 radical (unpaired) electrons. The molecule has 0 fully saturated rings. The quantitative estimate of drug-likeness (QED) is 0.512. The van der Waals surface area contributed by atoms with Gasteiger partial charge in [-0.2, -0.15) is 0 Å². The summed E-state index contributed by atoms with van der Waals surface area (Å²) >= 11 is 5.20. The van der Waals surface area contributed by atoms with E-state index in [1.807, 2.05) is 0 Å². The molecule has 0 aliphatic rings. The molecule has 1 atom stereocenters. The highest BCUT2D eigenvalue weighted by Gasteiger charge is 2.15. The summed E-state index contributed by atoms with van der Waals surface area (Å²) in [6.07, 6.45) is 0.542. The summed E-state index contributed by atoms with van der Waals surface area (Å²) in [6.45, 7) is 0. The molecule has 0 spiro atoms. The van der Waals surface area contributed by atoms with Crippen molar-refractivity contribution >= 4 is 23.5 Å². The number of hydrogen-bond donors (Lipinski definition) is 3. The van der Waals surface area contributed by atoms with Crippen molar-refractivity contribution in [3.8, 4) is 0 Å². The van der Waals surface area contributed by atoms with Crippen LogP contribution in [0, 0.1) is 0 Å². The van der Waals surface area contributed by atoms with Crippen LogP contribution in [0.5, 0.6) is 0 Å².